The largest absolute Gasteiger partial charge is 0.314 e. The summed E-state index contributed by atoms with van der Waals surface area (Å²) in [5.74, 6) is 3.62. The van der Waals surface area contributed by atoms with Crippen LogP contribution in [0.1, 0.15) is 46.0 Å². The maximum absolute atomic E-state index is 3.56. The molecule has 1 aliphatic rings. The monoisotopic (exact) mass is 215 g/mol. The minimum atomic E-state index is 0.891. The Bertz CT molecular complexity index is 134. The average molecular weight is 215 g/mol. The number of thioether (sulfide) groups is 1. The van der Waals surface area contributed by atoms with Crippen LogP contribution in [0.5, 0.6) is 0 Å². The van der Waals surface area contributed by atoms with Crippen molar-refractivity contribution in [1.29, 1.82) is 0 Å². The lowest BCUT2D eigenvalue weighted by Crippen LogP contribution is -2.17. The van der Waals surface area contributed by atoms with Gasteiger partial charge < -0.3 is 5.32 Å². The van der Waals surface area contributed by atoms with E-state index in [4.69, 9.17) is 0 Å². The highest BCUT2D eigenvalue weighted by Gasteiger charge is 2.19. The van der Waals surface area contributed by atoms with Gasteiger partial charge in [0.15, 0.2) is 0 Å². The van der Waals surface area contributed by atoms with Crippen LogP contribution in [-0.4, -0.2) is 24.1 Å². The summed E-state index contributed by atoms with van der Waals surface area (Å²) in [5, 5.41) is 3.56. The molecule has 1 fully saturated rings. The van der Waals surface area contributed by atoms with Crippen molar-refractivity contribution in [2.24, 2.45) is 5.92 Å². The van der Waals surface area contributed by atoms with E-state index in [1.165, 1.54) is 50.2 Å². The van der Waals surface area contributed by atoms with Crippen molar-refractivity contribution in [3.8, 4) is 0 Å². The summed E-state index contributed by atoms with van der Waals surface area (Å²) in [5.41, 5.74) is 0. The van der Waals surface area contributed by atoms with E-state index in [9.17, 15) is 0 Å². The van der Waals surface area contributed by atoms with Crippen LogP contribution in [0.4, 0.5) is 0 Å². The summed E-state index contributed by atoms with van der Waals surface area (Å²) in [7, 11) is 0. The zero-order valence-electron chi connectivity index (χ0n) is 9.72. The molecular formula is C12H25NS. The summed E-state index contributed by atoms with van der Waals surface area (Å²) < 4.78 is 0. The molecule has 0 aliphatic heterocycles. The summed E-state index contributed by atoms with van der Waals surface area (Å²) in [6.07, 6.45) is 6.92. The first kappa shape index (κ1) is 12.4. The molecule has 1 saturated carbocycles. The number of hydrogen-bond donors (Lipinski definition) is 1. The normalized spacial score (nSPS) is 18.4. The van der Waals surface area contributed by atoms with Gasteiger partial charge in [0.05, 0.1) is 0 Å². The minimum Gasteiger partial charge on any atom is -0.314 e. The maximum Gasteiger partial charge on any atom is 0.00682 e. The van der Waals surface area contributed by atoms with E-state index in [0.29, 0.717) is 0 Å². The number of unbranched alkanes of at least 4 members (excludes halogenated alkanes) is 1. The molecule has 0 radical (unpaired) electrons. The van der Waals surface area contributed by atoms with Gasteiger partial charge in [0.1, 0.15) is 0 Å². The van der Waals surface area contributed by atoms with E-state index in [0.717, 1.165) is 12.0 Å². The molecule has 0 bridgehead atoms. The van der Waals surface area contributed by atoms with Crippen LogP contribution >= 0.6 is 11.8 Å². The van der Waals surface area contributed by atoms with Gasteiger partial charge >= 0.3 is 0 Å². The fourth-order valence-electron chi connectivity index (χ4n) is 1.33. The van der Waals surface area contributed by atoms with Gasteiger partial charge in [-0.05, 0) is 49.7 Å². The van der Waals surface area contributed by atoms with Crippen LogP contribution in [0.25, 0.3) is 0 Å². The first-order valence-corrected chi connectivity index (χ1v) is 7.29. The average Bonchev–Trinajstić information content (AvgIpc) is 2.99. The second-order valence-electron chi connectivity index (χ2n) is 4.52. The molecule has 0 spiro atoms. The first-order valence-electron chi connectivity index (χ1n) is 6.14. The Kier molecular flexibility index (Phi) is 6.70. The van der Waals surface area contributed by atoms with Crippen LogP contribution in [-0.2, 0) is 0 Å². The molecule has 14 heavy (non-hydrogen) atoms. The molecule has 0 aromatic heterocycles. The fraction of sp³-hybridized carbons (Fsp3) is 1.00. The topological polar surface area (TPSA) is 12.0 Å². The van der Waals surface area contributed by atoms with Gasteiger partial charge in [0.25, 0.3) is 0 Å². The van der Waals surface area contributed by atoms with Gasteiger partial charge in [-0.2, -0.15) is 11.8 Å². The van der Waals surface area contributed by atoms with Crippen molar-refractivity contribution in [3.63, 3.8) is 0 Å². The van der Waals surface area contributed by atoms with Crippen molar-refractivity contribution in [1.82, 2.24) is 5.32 Å². The molecule has 1 rings (SSSR count). The van der Waals surface area contributed by atoms with E-state index in [-0.39, 0.29) is 0 Å². The van der Waals surface area contributed by atoms with Crippen LogP contribution in [0.3, 0.4) is 0 Å². The smallest absolute Gasteiger partial charge is 0.00682 e. The Morgan fingerprint density at radius 3 is 2.79 bits per heavy atom. The second kappa shape index (κ2) is 7.58. The SMILES string of the molecule is CCC(C)CSCCCCNC1CC1. The standard InChI is InChI=1S/C12H25NS/c1-3-11(2)10-14-9-5-4-8-13-12-6-7-12/h11-13H,3-10H2,1-2H3. The van der Waals surface area contributed by atoms with Crippen molar-refractivity contribution in [2.45, 2.75) is 52.0 Å². The predicted octanol–water partition coefficient (Wildman–Crippen LogP) is 3.30. The second-order valence-corrected chi connectivity index (χ2v) is 5.67. The summed E-state index contributed by atoms with van der Waals surface area (Å²) in [6, 6.07) is 0.891. The van der Waals surface area contributed by atoms with Crippen molar-refractivity contribution < 1.29 is 0 Å². The van der Waals surface area contributed by atoms with Crippen molar-refractivity contribution in [2.75, 3.05) is 18.1 Å². The van der Waals surface area contributed by atoms with E-state index in [1.807, 2.05) is 0 Å². The third kappa shape index (κ3) is 6.72. The summed E-state index contributed by atoms with van der Waals surface area (Å²) >= 11 is 2.13. The summed E-state index contributed by atoms with van der Waals surface area (Å²) in [6.45, 7) is 5.88. The Morgan fingerprint density at radius 2 is 2.14 bits per heavy atom. The predicted molar refractivity (Wildman–Crippen MR) is 67.0 cm³/mol. The Hall–Kier alpha value is 0.310. The highest BCUT2D eigenvalue weighted by Crippen LogP contribution is 2.18. The zero-order chi connectivity index (χ0) is 10.2. The first-order chi connectivity index (χ1) is 6.83. The molecule has 2 heteroatoms. The molecule has 1 aliphatic carbocycles. The van der Waals surface area contributed by atoms with E-state index in [2.05, 4.69) is 30.9 Å². The Morgan fingerprint density at radius 1 is 1.36 bits per heavy atom. The molecular weight excluding hydrogens is 190 g/mol. The Balaban J connectivity index is 1.70. The molecule has 0 heterocycles. The zero-order valence-corrected chi connectivity index (χ0v) is 10.5. The number of nitrogens with one attached hydrogen (secondary N) is 1. The molecule has 1 nitrogen and oxygen atoms in total. The van der Waals surface area contributed by atoms with Crippen LogP contribution in [0.15, 0.2) is 0 Å². The lowest BCUT2D eigenvalue weighted by molar-refractivity contribution is 0.631. The molecule has 1 atom stereocenters. The number of hydrogen-bond acceptors (Lipinski definition) is 2. The third-order valence-corrected chi connectivity index (χ3v) is 4.21. The lowest BCUT2D eigenvalue weighted by atomic mass is 10.2. The fourth-order valence-corrected chi connectivity index (χ4v) is 2.54. The highest BCUT2D eigenvalue weighted by molar-refractivity contribution is 7.99. The van der Waals surface area contributed by atoms with Gasteiger partial charge in [0, 0.05) is 6.04 Å². The van der Waals surface area contributed by atoms with E-state index < -0.39 is 0 Å². The van der Waals surface area contributed by atoms with Gasteiger partial charge in [0.2, 0.25) is 0 Å². The molecule has 0 aromatic rings. The lowest BCUT2D eigenvalue weighted by Gasteiger charge is -2.07. The van der Waals surface area contributed by atoms with Gasteiger partial charge in [-0.15, -0.1) is 0 Å². The molecule has 84 valence electrons. The van der Waals surface area contributed by atoms with Crippen molar-refractivity contribution in [3.05, 3.63) is 0 Å². The van der Waals surface area contributed by atoms with Crippen LogP contribution in [0.2, 0.25) is 0 Å². The molecule has 0 aromatic carbocycles. The van der Waals surface area contributed by atoms with Crippen LogP contribution < -0.4 is 5.32 Å². The van der Waals surface area contributed by atoms with Gasteiger partial charge in [-0.25, -0.2) is 0 Å². The number of rotatable bonds is 9. The van der Waals surface area contributed by atoms with Crippen molar-refractivity contribution >= 4 is 11.8 Å². The molecule has 0 amide bonds. The van der Waals surface area contributed by atoms with Gasteiger partial charge in [-0.1, -0.05) is 20.3 Å². The van der Waals surface area contributed by atoms with Crippen LogP contribution in [0, 0.1) is 5.92 Å². The van der Waals surface area contributed by atoms with E-state index >= 15 is 0 Å². The van der Waals surface area contributed by atoms with E-state index in [1.54, 1.807) is 0 Å². The maximum atomic E-state index is 3.56. The third-order valence-electron chi connectivity index (χ3n) is 2.83. The van der Waals surface area contributed by atoms with Gasteiger partial charge in [-0.3, -0.25) is 0 Å². The quantitative estimate of drug-likeness (QED) is 0.592. The summed E-state index contributed by atoms with van der Waals surface area (Å²) in [4.78, 5) is 0. The Labute approximate surface area is 93.4 Å². The minimum absolute atomic E-state index is 0.891. The molecule has 1 N–H and O–H groups in total. The molecule has 1 unspecified atom stereocenters. The highest BCUT2D eigenvalue weighted by atomic mass is 32.2. The molecule has 0 saturated heterocycles.